The molecule has 4 unspecified atom stereocenters. The van der Waals surface area contributed by atoms with Crippen molar-refractivity contribution < 1.29 is 23.1 Å². The summed E-state index contributed by atoms with van der Waals surface area (Å²) in [6, 6.07) is 6.47. The van der Waals surface area contributed by atoms with Crippen molar-refractivity contribution in [3.8, 4) is 0 Å². The van der Waals surface area contributed by atoms with Gasteiger partial charge in [0.15, 0.2) is 0 Å². The molecule has 1 aromatic carbocycles. The fourth-order valence-corrected chi connectivity index (χ4v) is 6.39. The zero-order chi connectivity index (χ0) is 17.8. The minimum Gasteiger partial charge on any atom is -0.481 e. The topological polar surface area (TPSA) is 104 Å². The average Bonchev–Trinajstić information content (AvgIpc) is 3.05. The van der Waals surface area contributed by atoms with Gasteiger partial charge in [0.25, 0.3) is 0 Å². The molecule has 2 bridgehead atoms. The van der Waals surface area contributed by atoms with E-state index in [9.17, 15) is 18.0 Å². The zero-order valence-electron chi connectivity index (χ0n) is 13.6. The number of nitrogens with zero attached hydrogens (tertiary/aromatic N) is 1. The van der Waals surface area contributed by atoms with Crippen molar-refractivity contribution >= 4 is 27.6 Å². The number of hydrogen-bond acceptors (Lipinski definition) is 4. The van der Waals surface area contributed by atoms with Gasteiger partial charge in [-0.05, 0) is 55.4 Å². The Kier molecular flexibility index (Phi) is 3.84. The van der Waals surface area contributed by atoms with Crippen molar-refractivity contribution in [3.63, 3.8) is 0 Å². The van der Waals surface area contributed by atoms with Crippen LogP contribution in [0.15, 0.2) is 29.2 Å². The number of aliphatic carboxylic acids is 1. The van der Waals surface area contributed by atoms with Crippen LogP contribution in [0.4, 0.5) is 5.69 Å². The number of carboxylic acid groups (broad SMARTS) is 1. The molecule has 1 aliphatic heterocycles. The first kappa shape index (κ1) is 16.5. The second kappa shape index (κ2) is 5.81. The largest absolute Gasteiger partial charge is 0.481 e. The summed E-state index contributed by atoms with van der Waals surface area (Å²) >= 11 is 0. The van der Waals surface area contributed by atoms with Gasteiger partial charge in [-0.1, -0.05) is 0 Å². The van der Waals surface area contributed by atoms with Crippen molar-refractivity contribution in [3.05, 3.63) is 24.3 Å². The second-order valence-corrected chi connectivity index (χ2v) is 8.96. The van der Waals surface area contributed by atoms with Crippen LogP contribution in [0.2, 0.25) is 0 Å². The Hall–Kier alpha value is -1.93. The fraction of sp³-hybridized carbons (Fsp3) is 0.529. The standard InChI is InChI=1S/C17H20N2O5S/c20-14(7-8-15(21)22)18-12-3-5-13(6-4-12)25(23,24)19-16-10-1-2-11(9-10)17(16)19/h3-6,10-11,16-17H,1-2,7-9H2,(H,18,20)(H,21,22). The van der Waals surface area contributed by atoms with Crippen LogP contribution >= 0.6 is 0 Å². The summed E-state index contributed by atoms with van der Waals surface area (Å²) < 4.78 is 27.3. The van der Waals surface area contributed by atoms with E-state index >= 15 is 0 Å². The molecule has 25 heavy (non-hydrogen) atoms. The molecule has 3 aliphatic rings. The van der Waals surface area contributed by atoms with E-state index in [2.05, 4.69) is 5.32 Å². The quantitative estimate of drug-likeness (QED) is 0.747. The summed E-state index contributed by atoms with van der Waals surface area (Å²) in [5, 5.41) is 11.1. The van der Waals surface area contributed by atoms with Crippen LogP contribution in [0.25, 0.3) is 0 Å². The minimum atomic E-state index is -3.47. The van der Waals surface area contributed by atoms with E-state index in [0.29, 0.717) is 17.5 Å². The Morgan fingerprint density at radius 1 is 1.08 bits per heavy atom. The molecule has 0 radical (unpaired) electrons. The first-order valence-corrected chi connectivity index (χ1v) is 9.97. The predicted molar refractivity (Wildman–Crippen MR) is 89.4 cm³/mol. The summed E-state index contributed by atoms with van der Waals surface area (Å²) in [5.74, 6) is -0.389. The third kappa shape index (κ3) is 2.83. The van der Waals surface area contributed by atoms with Crippen LogP contribution in [-0.4, -0.2) is 41.8 Å². The Balaban J connectivity index is 1.42. The predicted octanol–water partition coefficient (Wildman–Crippen LogP) is 1.66. The Morgan fingerprint density at radius 3 is 2.24 bits per heavy atom. The Morgan fingerprint density at radius 2 is 1.68 bits per heavy atom. The number of anilines is 1. The number of carbonyl (C=O) groups excluding carboxylic acids is 1. The number of benzene rings is 1. The number of carboxylic acids is 1. The van der Waals surface area contributed by atoms with Crippen LogP contribution < -0.4 is 5.32 Å². The van der Waals surface area contributed by atoms with Gasteiger partial charge < -0.3 is 10.4 Å². The lowest BCUT2D eigenvalue weighted by molar-refractivity contribution is -0.138. The van der Waals surface area contributed by atoms with Gasteiger partial charge >= 0.3 is 5.97 Å². The number of hydrogen-bond donors (Lipinski definition) is 2. The van der Waals surface area contributed by atoms with Gasteiger partial charge in [-0.15, -0.1) is 0 Å². The number of amides is 1. The molecule has 1 aromatic rings. The zero-order valence-corrected chi connectivity index (χ0v) is 14.4. The first-order chi connectivity index (χ1) is 11.9. The van der Waals surface area contributed by atoms with Crippen molar-refractivity contribution in [1.82, 2.24) is 4.31 Å². The van der Waals surface area contributed by atoms with Gasteiger partial charge in [-0.2, -0.15) is 4.31 Å². The summed E-state index contributed by atoms with van der Waals surface area (Å²) in [7, 11) is -3.47. The normalized spacial score (nSPS) is 32.2. The Labute approximate surface area is 146 Å². The number of fused-ring (bicyclic) bond motifs is 5. The number of carbonyl (C=O) groups is 2. The smallest absolute Gasteiger partial charge is 0.303 e. The maximum absolute atomic E-state index is 12.8. The summed E-state index contributed by atoms with van der Waals surface area (Å²) in [4.78, 5) is 22.3. The molecule has 1 saturated heterocycles. The molecule has 1 amide bonds. The third-order valence-electron chi connectivity index (χ3n) is 5.61. The molecule has 3 fully saturated rings. The van der Waals surface area contributed by atoms with Crippen LogP contribution in [0, 0.1) is 11.8 Å². The van der Waals surface area contributed by atoms with E-state index < -0.39 is 21.9 Å². The fourth-order valence-electron chi connectivity index (χ4n) is 4.49. The molecule has 8 heteroatoms. The van der Waals surface area contributed by atoms with E-state index in [1.807, 2.05) is 0 Å². The van der Waals surface area contributed by atoms with Crippen molar-refractivity contribution in [1.29, 1.82) is 0 Å². The molecule has 2 saturated carbocycles. The maximum Gasteiger partial charge on any atom is 0.303 e. The van der Waals surface area contributed by atoms with Gasteiger partial charge in [0.1, 0.15) is 0 Å². The summed E-state index contributed by atoms with van der Waals surface area (Å²) in [5.41, 5.74) is 0.459. The van der Waals surface area contributed by atoms with E-state index in [1.54, 1.807) is 16.4 Å². The number of sulfonamides is 1. The van der Waals surface area contributed by atoms with Crippen molar-refractivity contribution in [2.45, 2.75) is 49.1 Å². The highest BCUT2D eigenvalue weighted by Crippen LogP contribution is 2.60. The minimum absolute atomic E-state index is 0.116. The van der Waals surface area contributed by atoms with E-state index in [-0.39, 0.29) is 29.8 Å². The van der Waals surface area contributed by atoms with Gasteiger partial charge in [0, 0.05) is 24.2 Å². The average molecular weight is 364 g/mol. The molecule has 0 aromatic heterocycles. The van der Waals surface area contributed by atoms with Crippen molar-refractivity contribution in [2.24, 2.45) is 11.8 Å². The molecule has 2 N–H and O–H groups in total. The molecule has 2 aliphatic carbocycles. The number of piperidine rings is 1. The highest BCUT2D eigenvalue weighted by molar-refractivity contribution is 7.89. The molecular weight excluding hydrogens is 344 g/mol. The van der Waals surface area contributed by atoms with E-state index in [1.165, 1.54) is 18.6 Å². The van der Waals surface area contributed by atoms with E-state index in [4.69, 9.17) is 5.11 Å². The SMILES string of the molecule is O=C(O)CCC(=O)Nc1ccc(S(=O)(=O)N2C3C4CCC(C4)C32)cc1. The van der Waals surface area contributed by atoms with Crippen LogP contribution in [0.1, 0.15) is 32.1 Å². The first-order valence-electron chi connectivity index (χ1n) is 8.53. The molecule has 7 nitrogen and oxygen atoms in total. The van der Waals surface area contributed by atoms with Crippen LogP contribution in [-0.2, 0) is 19.6 Å². The molecule has 4 atom stereocenters. The van der Waals surface area contributed by atoms with Gasteiger partial charge in [0.2, 0.25) is 15.9 Å². The number of rotatable bonds is 6. The maximum atomic E-state index is 12.8. The highest BCUT2D eigenvalue weighted by atomic mass is 32.2. The third-order valence-corrected chi connectivity index (χ3v) is 7.52. The van der Waals surface area contributed by atoms with E-state index in [0.717, 1.165) is 12.8 Å². The summed E-state index contributed by atoms with van der Waals surface area (Å²) in [6.07, 6.45) is 3.09. The van der Waals surface area contributed by atoms with Gasteiger partial charge in [-0.25, -0.2) is 8.42 Å². The lowest BCUT2D eigenvalue weighted by Gasteiger charge is -2.13. The molecule has 0 spiro atoms. The van der Waals surface area contributed by atoms with Crippen LogP contribution in [0.5, 0.6) is 0 Å². The van der Waals surface area contributed by atoms with Gasteiger partial charge in [-0.3, -0.25) is 9.59 Å². The summed E-state index contributed by atoms with van der Waals surface area (Å²) in [6.45, 7) is 0. The molecule has 4 rings (SSSR count). The van der Waals surface area contributed by atoms with Gasteiger partial charge in [0.05, 0.1) is 11.3 Å². The molecule has 134 valence electrons. The van der Waals surface area contributed by atoms with Crippen molar-refractivity contribution in [2.75, 3.05) is 5.32 Å². The highest BCUT2D eigenvalue weighted by Gasteiger charge is 2.68. The monoisotopic (exact) mass is 364 g/mol. The molecular formula is C17H20N2O5S. The Bertz CT molecular complexity index is 804. The second-order valence-electron chi connectivity index (χ2n) is 7.12. The number of nitrogens with one attached hydrogen (secondary N) is 1. The lowest BCUT2D eigenvalue weighted by Crippen LogP contribution is -2.21. The van der Waals surface area contributed by atoms with Crippen LogP contribution in [0.3, 0.4) is 0 Å². The molecule has 1 heterocycles. The lowest BCUT2D eigenvalue weighted by atomic mass is 10.0.